The number of halogens is 1. The SMILES string of the molecule is CC(C)[C@@H](NC(=O)Nc1ccccc1)C(=O)OCc1cc(Cl)cc2c1OCOC2. The Labute approximate surface area is 174 Å². The highest BCUT2D eigenvalue weighted by atomic mass is 35.5. The van der Waals surface area contributed by atoms with E-state index in [1.807, 2.05) is 32.0 Å². The Morgan fingerprint density at radius 3 is 2.69 bits per heavy atom. The van der Waals surface area contributed by atoms with Crippen molar-refractivity contribution in [2.24, 2.45) is 5.92 Å². The number of hydrogen-bond acceptors (Lipinski definition) is 5. The lowest BCUT2D eigenvalue weighted by molar-refractivity contribution is -0.148. The number of anilines is 1. The predicted octanol–water partition coefficient (Wildman–Crippen LogP) is 4.10. The highest BCUT2D eigenvalue weighted by Gasteiger charge is 2.26. The molecule has 1 aliphatic rings. The van der Waals surface area contributed by atoms with Crippen LogP contribution >= 0.6 is 11.6 Å². The number of rotatable bonds is 6. The average Bonchev–Trinajstić information content (AvgIpc) is 2.70. The fraction of sp³-hybridized carbons (Fsp3) is 0.333. The van der Waals surface area contributed by atoms with E-state index in [0.717, 1.165) is 5.56 Å². The molecule has 29 heavy (non-hydrogen) atoms. The molecule has 0 saturated carbocycles. The number of amides is 2. The van der Waals surface area contributed by atoms with Gasteiger partial charge in [0.15, 0.2) is 6.79 Å². The molecule has 2 aromatic carbocycles. The van der Waals surface area contributed by atoms with Gasteiger partial charge in [-0.1, -0.05) is 43.6 Å². The van der Waals surface area contributed by atoms with Gasteiger partial charge < -0.3 is 24.8 Å². The minimum atomic E-state index is -0.807. The summed E-state index contributed by atoms with van der Waals surface area (Å²) in [5.74, 6) is -0.0877. The summed E-state index contributed by atoms with van der Waals surface area (Å²) in [6.07, 6.45) is 0. The predicted molar refractivity (Wildman–Crippen MR) is 109 cm³/mol. The molecule has 8 heteroatoms. The maximum absolute atomic E-state index is 12.6. The molecule has 0 unspecified atom stereocenters. The first-order valence-electron chi connectivity index (χ1n) is 9.25. The van der Waals surface area contributed by atoms with Gasteiger partial charge in [0.1, 0.15) is 18.4 Å². The molecule has 0 bridgehead atoms. The number of fused-ring (bicyclic) bond motifs is 1. The summed E-state index contributed by atoms with van der Waals surface area (Å²) >= 11 is 6.14. The Morgan fingerprint density at radius 1 is 1.21 bits per heavy atom. The van der Waals surface area contributed by atoms with Crippen LogP contribution in [0.1, 0.15) is 25.0 Å². The number of esters is 1. The first-order chi connectivity index (χ1) is 13.9. The molecule has 0 spiro atoms. The topological polar surface area (TPSA) is 85.9 Å². The van der Waals surface area contributed by atoms with Gasteiger partial charge in [-0.25, -0.2) is 9.59 Å². The van der Waals surface area contributed by atoms with Crippen molar-refractivity contribution in [2.45, 2.75) is 33.1 Å². The van der Waals surface area contributed by atoms with Crippen LogP contribution in [0.4, 0.5) is 10.5 Å². The first kappa shape index (κ1) is 21.0. The van der Waals surface area contributed by atoms with Gasteiger partial charge in [-0.15, -0.1) is 0 Å². The standard InChI is InChI=1S/C21H23ClN2O5/c1-13(2)18(24-21(26)23-17-6-4-3-5-7-17)20(25)28-11-15-9-16(22)8-14-10-27-12-29-19(14)15/h3-9,13,18H,10-12H2,1-2H3,(H2,23,24,26)/t18-/m1/s1. The van der Waals surface area contributed by atoms with E-state index in [0.29, 0.717) is 28.6 Å². The Bertz CT molecular complexity index is 873. The molecular weight excluding hydrogens is 396 g/mol. The van der Waals surface area contributed by atoms with Gasteiger partial charge in [-0.05, 0) is 30.2 Å². The summed E-state index contributed by atoms with van der Waals surface area (Å²) in [4.78, 5) is 24.9. The van der Waals surface area contributed by atoms with Gasteiger partial charge in [0.05, 0.1) is 6.61 Å². The number of carbonyl (C=O) groups is 2. The number of para-hydroxylation sites is 1. The molecule has 1 atom stereocenters. The number of urea groups is 1. The Kier molecular flexibility index (Phi) is 6.95. The van der Waals surface area contributed by atoms with Crippen LogP contribution in [0.5, 0.6) is 5.75 Å². The van der Waals surface area contributed by atoms with Crippen LogP contribution in [0.3, 0.4) is 0 Å². The molecule has 2 amide bonds. The van der Waals surface area contributed by atoms with Crippen molar-refractivity contribution in [1.82, 2.24) is 5.32 Å². The van der Waals surface area contributed by atoms with Gasteiger partial charge in [0.2, 0.25) is 0 Å². The lowest BCUT2D eigenvalue weighted by Crippen LogP contribution is -2.47. The lowest BCUT2D eigenvalue weighted by atomic mass is 10.0. The van der Waals surface area contributed by atoms with Crippen molar-refractivity contribution in [1.29, 1.82) is 0 Å². The molecule has 2 N–H and O–H groups in total. The molecule has 1 heterocycles. The number of ether oxygens (including phenoxy) is 3. The second-order valence-electron chi connectivity index (χ2n) is 6.96. The molecule has 0 fully saturated rings. The van der Waals surface area contributed by atoms with Gasteiger partial charge in [-0.3, -0.25) is 0 Å². The van der Waals surface area contributed by atoms with Crippen LogP contribution in [0, 0.1) is 5.92 Å². The quantitative estimate of drug-likeness (QED) is 0.690. The molecule has 3 rings (SSSR count). The van der Waals surface area contributed by atoms with Crippen molar-refractivity contribution in [3.8, 4) is 5.75 Å². The number of carbonyl (C=O) groups excluding carboxylic acids is 2. The highest BCUT2D eigenvalue weighted by molar-refractivity contribution is 6.30. The average molecular weight is 419 g/mol. The zero-order valence-electron chi connectivity index (χ0n) is 16.2. The van der Waals surface area contributed by atoms with Crippen LogP contribution in [0.15, 0.2) is 42.5 Å². The summed E-state index contributed by atoms with van der Waals surface area (Å²) in [6, 6.07) is 11.1. The molecule has 0 aliphatic carbocycles. The van der Waals surface area contributed by atoms with Crippen LogP contribution in [0.25, 0.3) is 0 Å². The van der Waals surface area contributed by atoms with E-state index in [1.54, 1.807) is 24.3 Å². The smallest absolute Gasteiger partial charge is 0.329 e. The van der Waals surface area contributed by atoms with Crippen molar-refractivity contribution >= 4 is 29.3 Å². The van der Waals surface area contributed by atoms with Crippen LogP contribution in [-0.4, -0.2) is 24.8 Å². The van der Waals surface area contributed by atoms with E-state index in [1.165, 1.54) is 0 Å². The van der Waals surface area contributed by atoms with Crippen molar-refractivity contribution < 1.29 is 23.8 Å². The van der Waals surface area contributed by atoms with E-state index in [-0.39, 0.29) is 19.3 Å². The number of hydrogen-bond donors (Lipinski definition) is 2. The van der Waals surface area contributed by atoms with Gasteiger partial charge >= 0.3 is 12.0 Å². The largest absolute Gasteiger partial charge is 0.467 e. The Morgan fingerprint density at radius 2 is 1.97 bits per heavy atom. The zero-order valence-corrected chi connectivity index (χ0v) is 17.0. The van der Waals surface area contributed by atoms with E-state index in [4.69, 9.17) is 25.8 Å². The summed E-state index contributed by atoms with van der Waals surface area (Å²) in [6.45, 7) is 4.15. The maximum Gasteiger partial charge on any atom is 0.329 e. The maximum atomic E-state index is 12.6. The second-order valence-corrected chi connectivity index (χ2v) is 7.39. The fourth-order valence-corrected chi connectivity index (χ4v) is 3.19. The van der Waals surface area contributed by atoms with Gasteiger partial charge in [-0.2, -0.15) is 0 Å². The van der Waals surface area contributed by atoms with Crippen molar-refractivity contribution in [2.75, 3.05) is 12.1 Å². The molecule has 1 aliphatic heterocycles. The van der Waals surface area contributed by atoms with Crippen molar-refractivity contribution in [3.05, 3.63) is 58.6 Å². The third kappa shape index (κ3) is 5.62. The summed E-state index contributed by atoms with van der Waals surface area (Å²) in [5, 5.41) is 5.87. The zero-order chi connectivity index (χ0) is 20.8. The van der Waals surface area contributed by atoms with Crippen LogP contribution < -0.4 is 15.4 Å². The molecule has 0 aromatic heterocycles. The van der Waals surface area contributed by atoms with Crippen LogP contribution in [0.2, 0.25) is 5.02 Å². The minimum Gasteiger partial charge on any atom is -0.467 e. The lowest BCUT2D eigenvalue weighted by Gasteiger charge is -2.23. The number of benzene rings is 2. The molecule has 7 nitrogen and oxygen atoms in total. The van der Waals surface area contributed by atoms with Gasteiger partial charge in [0.25, 0.3) is 0 Å². The van der Waals surface area contributed by atoms with Gasteiger partial charge in [0, 0.05) is 21.8 Å². The molecule has 0 saturated heterocycles. The minimum absolute atomic E-state index is 0.0209. The Balaban J connectivity index is 1.63. The van der Waals surface area contributed by atoms with E-state index >= 15 is 0 Å². The number of nitrogens with one attached hydrogen (secondary N) is 2. The Hall–Kier alpha value is -2.77. The van der Waals surface area contributed by atoms with E-state index < -0.39 is 18.0 Å². The van der Waals surface area contributed by atoms with Crippen LogP contribution in [-0.2, 0) is 27.5 Å². The summed E-state index contributed by atoms with van der Waals surface area (Å²) < 4.78 is 16.2. The molecule has 0 radical (unpaired) electrons. The van der Waals surface area contributed by atoms with E-state index in [2.05, 4.69) is 10.6 Å². The first-order valence-corrected chi connectivity index (χ1v) is 9.63. The molecule has 2 aromatic rings. The monoisotopic (exact) mass is 418 g/mol. The second kappa shape index (κ2) is 9.62. The fourth-order valence-electron chi connectivity index (χ4n) is 2.93. The normalized spacial score (nSPS) is 13.8. The third-order valence-corrected chi connectivity index (χ3v) is 4.58. The summed E-state index contributed by atoms with van der Waals surface area (Å²) in [7, 11) is 0. The van der Waals surface area contributed by atoms with E-state index in [9.17, 15) is 9.59 Å². The van der Waals surface area contributed by atoms with Crippen molar-refractivity contribution in [3.63, 3.8) is 0 Å². The molecular formula is C21H23ClN2O5. The highest BCUT2D eigenvalue weighted by Crippen LogP contribution is 2.32. The summed E-state index contributed by atoms with van der Waals surface area (Å²) in [5.41, 5.74) is 2.08. The third-order valence-electron chi connectivity index (χ3n) is 4.36. The molecule has 154 valence electrons.